The van der Waals surface area contributed by atoms with E-state index in [1.54, 1.807) is 31.4 Å². The van der Waals surface area contributed by atoms with E-state index in [0.29, 0.717) is 30.9 Å². The SMILES string of the molecule is COc1c(O)ccc2ccc3c4c(c(Br)cc3c12)CC(O)C(OC)C4.CS(=O)(=O)O.c1ccc2c(c1)CC1c3ccccc3CCN1C2. The van der Waals surface area contributed by atoms with Gasteiger partial charge in [0.1, 0.15) is 0 Å². The molecule has 5 aromatic rings. The second-order valence-electron chi connectivity index (χ2n) is 12.6. The molecule has 0 fully saturated rings. The van der Waals surface area contributed by atoms with Gasteiger partial charge in [0.15, 0.2) is 11.5 Å². The second-order valence-corrected chi connectivity index (χ2v) is 14.9. The molecule has 8 rings (SSSR count). The Balaban J connectivity index is 0.000000152. The number of rotatable bonds is 2. The summed E-state index contributed by atoms with van der Waals surface area (Å²) in [6, 6.07) is 28.2. The summed E-state index contributed by atoms with van der Waals surface area (Å²) in [5, 5.41) is 24.5. The monoisotopic (exact) mass is 733 g/mol. The molecule has 10 heteroatoms. The zero-order chi connectivity index (χ0) is 34.2. The normalized spacial score (nSPS) is 19.8. The van der Waals surface area contributed by atoms with E-state index in [9.17, 15) is 18.6 Å². The molecule has 5 aromatic carbocycles. The molecule has 0 amide bonds. The molecule has 3 atom stereocenters. The topological polar surface area (TPSA) is 117 Å². The van der Waals surface area contributed by atoms with Crippen molar-refractivity contribution in [1.82, 2.24) is 4.90 Å². The lowest BCUT2D eigenvalue weighted by atomic mass is 9.83. The Kier molecular flexibility index (Phi) is 10.1. The van der Waals surface area contributed by atoms with Gasteiger partial charge in [-0.25, -0.2) is 0 Å². The molecule has 0 aromatic heterocycles. The smallest absolute Gasteiger partial charge is 0.261 e. The molecule has 0 spiro atoms. The van der Waals surface area contributed by atoms with Crippen LogP contribution in [0, 0.1) is 0 Å². The van der Waals surface area contributed by atoms with Crippen molar-refractivity contribution in [3.63, 3.8) is 0 Å². The number of nitrogens with zero attached hydrogens (tertiary/aromatic N) is 1. The van der Waals surface area contributed by atoms with E-state index >= 15 is 0 Å². The first kappa shape index (κ1) is 34.4. The van der Waals surface area contributed by atoms with Crippen LogP contribution in [0.3, 0.4) is 0 Å². The first-order valence-electron chi connectivity index (χ1n) is 15.9. The van der Waals surface area contributed by atoms with E-state index in [4.69, 9.17) is 14.0 Å². The summed E-state index contributed by atoms with van der Waals surface area (Å²) in [6.07, 6.45) is 3.57. The highest BCUT2D eigenvalue weighted by Crippen LogP contribution is 2.43. The predicted octanol–water partition coefficient (Wildman–Crippen LogP) is 6.79. The summed E-state index contributed by atoms with van der Waals surface area (Å²) >= 11 is 3.67. The van der Waals surface area contributed by atoms with Crippen LogP contribution in [0.25, 0.3) is 21.5 Å². The van der Waals surface area contributed by atoms with E-state index < -0.39 is 16.2 Å². The fourth-order valence-electron chi connectivity index (χ4n) is 7.38. The third kappa shape index (κ3) is 7.10. The largest absolute Gasteiger partial charge is 0.504 e. The zero-order valence-electron chi connectivity index (χ0n) is 27.2. The van der Waals surface area contributed by atoms with Crippen LogP contribution >= 0.6 is 15.9 Å². The second kappa shape index (κ2) is 14.2. The minimum atomic E-state index is -3.67. The van der Waals surface area contributed by atoms with Gasteiger partial charge in [-0.15, -0.1) is 0 Å². The Morgan fingerprint density at radius 2 is 1.52 bits per heavy atom. The summed E-state index contributed by atoms with van der Waals surface area (Å²) in [5.41, 5.74) is 8.46. The van der Waals surface area contributed by atoms with Crippen LogP contribution in [0.5, 0.6) is 11.5 Å². The fraction of sp³-hybridized carbons (Fsp3) is 0.316. The molecule has 8 nitrogen and oxygen atoms in total. The number of ether oxygens (including phenoxy) is 2. The maximum Gasteiger partial charge on any atom is 0.261 e. The molecule has 0 saturated carbocycles. The van der Waals surface area contributed by atoms with Gasteiger partial charge < -0.3 is 19.7 Å². The maximum absolute atomic E-state index is 10.3. The number of aliphatic hydroxyl groups excluding tert-OH is 1. The van der Waals surface area contributed by atoms with Crippen LogP contribution in [-0.2, 0) is 47.1 Å². The fourth-order valence-corrected chi connectivity index (χ4v) is 8.01. The summed E-state index contributed by atoms with van der Waals surface area (Å²) in [6.45, 7) is 2.32. The summed E-state index contributed by atoms with van der Waals surface area (Å²) < 4.78 is 37.8. The van der Waals surface area contributed by atoms with E-state index in [0.717, 1.165) is 38.1 Å². The number of aliphatic hydroxyl groups is 1. The quantitative estimate of drug-likeness (QED) is 0.134. The molecule has 0 radical (unpaired) electrons. The van der Waals surface area contributed by atoms with Gasteiger partial charge in [0.05, 0.1) is 25.6 Å². The Bertz CT molecular complexity index is 2080. The first-order chi connectivity index (χ1) is 23.0. The van der Waals surface area contributed by atoms with Crippen LogP contribution in [0.4, 0.5) is 0 Å². The van der Waals surface area contributed by atoms with Crippen molar-refractivity contribution in [3.05, 3.63) is 117 Å². The molecule has 252 valence electrons. The lowest BCUT2D eigenvalue weighted by Gasteiger charge is -2.41. The number of methoxy groups -OCH3 is 2. The van der Waals surface area contributed by atoms with Gasteiger partial charge in [-0.3, -0.25) is 9.45 Å². The lowest BCUT2D eigenvalue weighted by molar-refractivity contribution is -0.0160. The van der Waals surface area contributed by atoms with Crippen molar-refractivity contribution in [2.75, 3.05) is 27.0 Å². The molecular weight excluding hydrogens is 694 g/mol. The van der Waals surface area contributed by atoms with Crippen molar-refractivity contribution >= 4 is 47.6 Å². The highest BCUT2D eigenvalue weighted by molar-refractivity contribution is 9.10. The Hall–Kier alpha value is -3.51. The van der Waals surface area contributed by atoms with Gasteiger partial charge in [0, 0.05) is 48.9 Å². The Labute approximate surface area is 289 Å². The predicted molar refractivity (Wildman–Crippen MR) is 192 cm³/mol. The van der Waals surface area contributed by atoms with E-state index in [-0.39, 0.29) is 11.9 Å². The molecule has 2 heterocycles. The van der Waals surface area contributed by atoms with Crippen molar-refractivity contribution < 1.29 is 32.7 Å². The number of hydrogen-bond donors (Lipinski definition) is 3. The van der Waals surface area contributed by atoms with Crippen molar-refractivity contribution in [2.24, 2.45) is 0 Å². The molecule has 3 unspecified atom stereocenters. The van der Waals surface area contributed by atoms with Crippen LogP contribution in [0.2, 0.25) is 0 Å². The molecule has 0 saturated heterocycles. The van der Waals surface area contributed by atoms with Gasteiger partial charge in [-0.05, 0) is 74.5 Å². The Morgan fingerprint density at radius 1 is 0.854 bits per heavy atom. The Morgan fingerprint density at radius 3 is 2.23 bits per heavy atom. The highest BCUT2D eigenvalue weighted by atomic mass is 79.9. The van der Waals surface area contributed by atoms with E-state index in [1.165, 1.54) is 36.1 Å². The van der Waals surface area contributed by atoms with Crippen LogP contribution in [0.15, 0.2) is 83.3 Å². The van der Waals surface area contributed by atoms with Crippen molar-refractivity contribution in [1.29, 1.82) is 0 Å². The maximum atomic E-state index is 10.3. The summed E-state index contributed by atoms with van der Waals surface area (Å²) in [4.78, 5) is 2.64. The molecule has 1 aliphatic carbocycles. The first-order valence-corrected chi connectivity index (χ1v) is 18.6. The molecule has 3 N–H and O–H groups in total. The lowest BCUT2D eigenvalue weighted by Crippen LogP contribution is -2.39. The summed E-state index contributed by atoms with van der Waals surface area (Å²) in [7, 11) is -0.465. The average molecular weight is 735 g/mol. The minimum absolute atomic E-state index is 0.126. The zero-order valence-corrected chi connectivity index (χ0v) is 29.6. The van der Waals surface area contributed by atoms with E-state index in [2.05, 4.69) is 81.5 Å². The average Bonchev–Trinajstić information content (AvgIpc) is 3.07. The molecule has 48 heavy (non-hydrogen) atoms. The van der Waals surface area contributed by atoms with Gasteiger partial charge in [-0.1, -0.05) is 82.7 Å². The molecule has 2 aliphatic heterocycles. The number of halogens is 1. The third-order valence-electron chi connectivity index (χ3n) is 9.59. The molecule has 0 bridgehead atoms. The van der Waals surface area contributed by atoms with Gasteiger partial charge in [0.2, 0.25) is 0 Å². The number of benzene rings is 5. The van der Waals surface area contributed by atoms with Crippen LogP contribution in [-0.4, -0.2) is 67.3 Å². The highest BCUT2D eigenvalue weighted by Gasteiger charge is 2.32. The number of phenols is 1. The third-order valence-corrected chi connectivity index (χ3v) is 10.3. The molecule has 3 aliphatic rings. The van der Waals surface area contributed by atoms with Gasteiger partial charge in [-0.2, -0.15) is 8.42 Å². The number of fused-ring (bicyclic) bond motifs is 9. The van der Waals surface area contributed by atoms with Gasteiger partial charge in [0.25, 0.3) is 10.1 Å². The number of aromatic hydroxyl groups is 1. The standard InChI is InChI=1S/C20H19BrO4.C17H17N.CH4O3S/c1-24-18-9-12-11-5-3-10-4-6-16(22)20(25-2)19(10)14(11)7-15(21)13(12)8-17(18)23;1-2-7-15-12-18-10-9-13-5-3-4-8-16(13)17(18)11-14(15)6-1;1-5(2,3)4/h3-7,17-18,22-23H,8-9H2,1-2H3;1-8,17H,9-12H2;1H3,(H,2,3,4). The van der Waals surface area contributed by atoms with Crippen LogP contribution in [0.1, 0.15) is 39.4 Å². The van der Waals surface area contributed by atoms with Crippen LogP contribution < -0.4 is 4.74 Å². The van der Waals surface area contributed by atoms with E-state index in [1.807, 2.05) is 12.1 Å². The van der Waals surface area contributed by atoms with Crippen molar-refractivity contribution in [3.8, 4) is 11.5 Å². The van der Waals surface area contributed by atoms with Crippen molar-refractivity contribution in [2.45, 2.75) is 50.5 Å². The van der Waals surface area contributed by atoms with Gasteiger partial charge >= 0.3 is 0 Å². The minimum Gasteiger partial charge on any atom is -0.504 e. The molecular formula is C38H40BrNO7S. The summed E-state index contributed by atoms with van der Waals surface area (Å²) in [5.74, 6) is 0.607. The number of phenolic OH excluding ortho intramolecular Hbond substituents is 1. The number of hydrogen-bond acceptors (Lipinski definition) is 7.